The van der Waals surface area contributed by atoms with E-state index in [2.05, 4.69) is 15.1 Å². The fraction of sp³-hybridized carbons (Fsp3) is 0.526. The molecule has 2 fully saturated rings. The SMILES string of the molecule is COC1CCC2OCCN(Cc3cn[nH]c3-c3ccc(F)cc3)C2C1. The molecule has 0 amide bonds. The lowest BCUT2D eigenvalue weighted by molar-refractivity contribution is -0.116. The zero-order chi connectivity index (χ0) is 17.2. The number of ether oxygens (including phenoxy) is 2. The van der Waals surface area contributed by atoms with Crippen LogP contribution in [0.1, 0.15) is 24.8 Å². The molecule has 0 radical (unpaired) electrons. The highest BCUT2D eigenvalue weighted by atomic mass is 19.1. The van der Waals surface area contributed by atoms with Crippen molar-refractivity contribution in [3.63, 3.8) is 0 Å². The van der Waals surface area contributed by atoms with Crippen LogP contribution in [0.25, 0.3) is 11.3 Å². The van der Waals surface area contributed by atoms with Crippen molar-refractivity contribution in [2.75, 3.05) is 20.3 Å². The molecule has 4 rings (SSSR count). The molecule has 134 valence electrons. The Morgan fingerprint density at radius 2 is 2.16 bits per heavy atom. The van der Waals surface area contributed by atoms with E-state index in [1.54, 1.807) is 19.2 Å². The minimum absolute atomic E-state index is 0.228. The zero-order valence-corrected chi connectivity index (χ0v) is 14.5. The van der Waals surface area contributed by atoms with Gasteiger partial charge in [-0.2, -0.15) is 5.10 Å². The highest BCUT2D eigenvalue weighted by Gasteiger charge is 2.38. The van der Waals surface area contributed by atoms with Gasteiger partial charge in [0.2, 0.25) is 0 Å². The van der Waals surface area contributed by atoms with Gasteiger partial charge in [-0.25, -0.2) is 4.39 Å². The van der Waals surface area contributed by atoms with Crippen molar-refractivity contribution < 1.29 is 13.9 Å². The number of aromatic amines is 1. The van der Waals surface area contributed by atoms with Crippen molar-refractivity contribution in [1.29, 1.82) is 0 Å². The number of nitrogens with one attached hydrogen (secondary N) is 1. The number of morpholine rings is 1. The van der Waals surface area contributed by atoms with Crippen molar-refractivity contribution >= 4 is 0 Å². The summed E-state index contributed by atoms with van der Waals surface area (Å²) in [5.74, 6) is -0.228. The monoisotopic (exact) mass is 345 g/mol. The van der Waals surface area contributed by atoms with Gasteiger partial charge in [-0.3, -0.25) is 10.00 Å². The maximum absolute atomic E-state index is 13.2. The molecular formula is C19H24FN3O2. The second kappa shape index (κ2) is 7.23. The fourth-order valence-electron chi connectivity index (χ4n) is 4.07. The molecule has 1 aliphatic carbocycles. The number of halogens is 1. The van der Waals surface area contributed by atoms with Crippen LogP contribution in [-0.2, 0) is 16.0 Å². The number of aromatic nitrogens is 2. The minimum atomic E-state index is -0.228. The average molecular weight is 345 g/mol. The number of methoxy groups -OCH3 is 1. The molecule has 1 N–H and O–H groups in total. The standard InChI is InChI=1S/C19H24FN3O2/c1-24-16-6-7-18-17(10-16)23(8-9-25-18)12-14-11-21-22-19(14)13-2-4-15(20)5-3-13/h2-5,11,16-18H,6-10,12H2,1H3,(H,21,22). The lowest BCUT2D eigenvalue weighted by Crippen LogP contribution is -2.54. The van der Waals surface area contributed by atoms with Crippen LogP contribution < -0.4 is 0 Å². The van der Waals surface area contributed by atoms with Gasteiger partial charge in [0.1, 0.15) is 5.82 Å². The molecule has 1 aliphatic heterocycles. The number of H-pyrrole nitrogens is 1. The maximum Gasteiger partial charge on any atom is 0.123 e. The minimum Gasteiger partial charge on any atom is -0.381 e. The largest absolute Gasteiger partial charge is 0.381 e. The number of hydrogen-bond donors (Lipinski definition) is 1. The molecule has 3 atom stereocenters. The second-order valence-electron chi connectivity index (χ2n) is 6.89. The maximum atomic E-state index is 13.2. The lowest BCUT2D eigenvalue weighted by atomic mass is 9.87. The molecule has 1 aromatic heterocycles. The van der Waals surface area contributed by atoms with Crippen LogP contribution >= 0.6 is 0 Å². The Morgan fingerprint density at radius 3 is 2.96 bits per heavy atom. The van der Waals surface area contributed by atoms with E-state index in [0.29, 0.717) is 18.2 Å². The average Bonchev–Trinajstić information content (AvgIpc) is 3.10. The summed E-state index contributed by atoms with van der Waals surface area (Å²) in [4.78, 5) is 2.48. The van der Waals surface area contributed by atoms with Gasteiger partial charge in [-0.1, -0.05) is 0 Å². The Hall–Kier alpha value is -1.76. The third kappa shape index (κ3) is 3.47. The molecule has 25 heavy (non-hydrogen) atoms. The van der Waals surface area contributed by atoms with Crippen molar-refractivity contribution in [2.45, 2.75) is 44.1 Å². The number of nitrogens with zero attached hydrogens (tertiary/aromatic N) is 2. The summed E-state index contributed by atoms with van der Waals surface area (Å²) in [6.45, 7) is 2.48. The van der Waals surface area contributed by atoms with Crippen LogP contribution in [0, 0.1) is 5.82 Å². The third-order valence-electron chi connectivity index (χ3n) is 5.44. The highest BCUT2D eigenvalue weighted by molar-refractivity contribution is 5.62. The number of hydrogen-bond acceptors (Lipinski definition) is 4. The number of rotatable bonds is 4. The van der Waals surface area contributed by atoms with E-state index in [0.717, 1.165) is 55.8 Å². The Bertz CT molecular complexity index is 703. The first kappa shape index (κ1) is 16.7. The van der Waals surface area contributed by atoms with E-state index < -0.39 is 0 Å². The van der Waals surface area contributed by atoms with Gasteiger partial charge in [-0.15, -0.1) is 0 Å². The Labute approximate surface area is 147 Å². The van der Waals surface area contributed by atoms with Crippen LogP contribution in [0.3, 0.4) is 0 Å². The Balaban J connectivity index is 1.53. The Kier molecular flexibility index (Phi) is 4.83. The first-order chi connectivity index (χ1) is 12.2. The second-order valence-corrected chi connectivity index (χ2v) is 6.89. The van der Waals surface area contributed by atoms with E-state index in [-0.39, 0.29) is 5.82 Å². The smallest absolute Gasteiger partial charge is 0.123 e. The van der Waals surface area contributed by atoms with Crippen LogP contribution in [0.15, 0.2) is 30.5 Å². The predicted octanol–water partition coefficient (Wildman–Crippen LogP) is 2.98. The van der Waals surface area contributed by atoms with Crippen LogP contribution in [0.5, 0.6) is 0 Å². The summed E-state index contributed by atoms with van der Waals surface area (Å²) in [6, 6.07) is 6.92. The molecule has 1 saturated heterocycles. The summed E-state index contributed by atoms with van der Waals surface area (Å²) >= 11 is 0. The van der Waals surface area contributed by atoms with Crippen molar-refractivity contribution in [1.82, 2.24) is 15.1 Å². The van der Waals surface area contributed by atoms with Gasteiger partial charge in [0, 0.05) is 37.4 Å². The predicted molar refractivity (Wildman–Crippen MR) is 92.6 cm³/mol. The van der Waals surface area contributed by atoms with Crippen LogP contribution in [0.4, 0.5) is 4.39 Å². The van der Waals surface area contributed by atoms with E-state index in [1.807, 2.05) is 6.20 Å². The fourth-order valence-corrected chi connectivity index (χ4v) is 4.07. The van der Waals surface area contributed by atoms with Crippen LogP contribution in [-0.4, -0.2) is 53.6 Å². The number of fused-ring (bicyclic) bond motifs is 1. The van der Waals surface area contributed by atoms with Crippen LogP contribution in [0.2, 0.25) is 0 Å². The molecular weight excluding hydrogens is 321 g/mol. The summed E-state index contributed by atoms with van der Waals surface area (Å²) in [7, 11) is 1.79. The molecule has 5 nitrogen and oxygen atoms in total. The molecule has 1 saturated carbocycles. The van der Waals surface area contributed by atoms with Gasteiger partial charge in [0.05, 0.1) is 30.7 Å². The summed E-state index contributed by atoms with van der Waals surface area (Å²) in [6.07, 6.45) is 5.60. The third-order valence-corrected chi connectivity index (χ3v) is 5.44. The first-order valence-electron chi connectivity index (χ1n) is 8.91. The molecule has 0 spiro atoms. The van der Waals surface area contributed by atoms with Crippen molar-refractivity contribution in [2.24, 2.45) is 0 Å². The summed E-state index contributed by atoms with van der Waals surface area (Å²) < 4.78 is 24.8. The Morgan fingerprint density at radius 1 is 1.32 bits per heavy atom. The van der Waals surface area contributed by atoms with E-state index in [4.69, 9.17) is 9.47 Å². The first-order valence-corrected chi connectivity index (χ1v) is 8.91. The van der Waals surface area contributed by atoms with Gasteiger partial charge in [0.15, 0.2) is 0 Å². The molecule has 2 aromatic rings. The molecule has 2 heterocycles. The molecule has 6 heteroatoms. The van der Waals surface area contributed by atoms with Gasteiger partial charge in [-0.05, 0) is 43.5 Å². The quantitative estimate of drug-likeness (QED) is 0.926. The normalized spacial score (nSPS) is 27.2. The van der Waals surface area contributed by atoms with E-state index >= 15 is 0 Å². The molecule has 1 aromatic carbocycles. The summed E-state index contributed by atoms with van der Waals surface area (Å²) in [5.41, 5.74) is 3.05. The van der Waals surface area contributed by atoms with Crippen molar-refractivity contribution in [3.8, 4) is 11.3 Å². The molecule has 3 unspecified atom stereocenters. The highest BCUT2D eigenvalue weighted by Crippen LogP contribution is 2.32. The number of benzene rings is 1. The van der Waals surface area contributed by atoms with E-state index in [9.17, 15) is 4.39 Å². The topological polar surface area (TPSA) is 50.4 Å². The molecule has 2 aliphatic rings. The van der Waals surface area contributed by atoms with E-state index in [1.165, 1.54) is 12.1 Å². The van der Waals surface area contributed by atoms with Gasteiger partial charge >= 0.3 is 0 Å². The summed E-state index contributed by atoms with van der Waals surface area (Å²) in [5, 5.41) is 7.29. The van der Waals surface area contributed by atoms with Crippen molar-refractivity contribution in [3.05, 3.63) is 41.8 Å². The molecule has 0 bridgehead atoms. The van der Waals surface area contributed by atoms with Gasteiger partial charge in [0.25, 0.3) is 0 Å². The zero-order valence-electron chi connectivity index (χ0n) is 14.5. The lowest BCUT2D eigenvalue weighted by Gasteiger charge is -2.45. The van der Waals surface area contributed by atoms with Gasteiger partial charge < -0.3 is 9.47 Å².